The van der Waals surface area contributed by atoms with E-state index in [9.17, 15) is 9.59 Å². The Morgan fingerprint density at radius 2 is 1.78 bits per heavy atom. The Labute approximate surface area is 186 Å². The number of esters is 1. The Bertz CT molecular complexity index is 1310. The quantitative estimate of drug-likeness (QED) is 0.409. The van der Waals surface area contributed by atoms with Crippen LogP contribution in [0.1, 0.15) is 23.2 Å². The molecule has 0 saturated heterocycles. The molecule has 0 bridgehead atoms. The van der Waals surface area contributed by atoms with Crippen molar-refractivity contribution in [2.24, 2.45) is 0 Å². The van der Waals surface area contributed by atoms with E-state index in [1.54, 1.807) is 23.8 Å². The highest BCUT2D eigenvalue weighted by Crippen LogP contribution is 2.19. The van der Waals surface area contributed by atoms with Crippen molar-refractivity contribution < 1.29 is 14.3 Å². The fraction of sp³-hybridized carbons (Fsp3) is 0.192. The summed E-state index contributed by atoms with van der Waals surface area (Å²) in [5, 5.41) is 0. The van der Waals surface area contributed by atoms with Crippen LogP contribution in [0, 0.1) is 6.92 Å². The first-order chi connectivity index (χ1) is 15.5. The van der Waals surface area contributed by atoms with Crippen molar-refractivity contribution in [3.63, 3.8) is 0 Å². The number of methoxy groups -OCH3 is 1. The van der Waals surface area contributed by atoms with Gasteiger partial charge in [-0.05, 0) is 48.9 Å². The first kappa shape index (κ1) is 21.3. The SMILES string of the molecule is COc1ccc(-n2c(=O)c(CCC(=O)OCc3cccc(C)c3)nc3ccccc32)cc1. The van der Waals surface area contributed by atoms with Crippen molar-refractivity contribution in [1.29, 1.82) is 0 Å². The largest absolute Gasteiger partial charge is 0.497 e. The van der Waals surface area contributed by atoms with E-state index in [1.807, 2.05) is 67.6 Å². The van der Waals surface area contributed by atoms with Gasteiger partial charge in [0.1, 0.15) is 18.1 Å². The first-order valence-corrected chi connectivity index (χ1v) is 10.4. The molecule has 4 aromatic rings. The van der Waals surface area contributed by atoms with Gasteiger partial charge in [-0.1, -0.05) is 42.0 Å². The lowest BCUT2D eigenvalue weighted by molar-refractivity contribution is -0.144. The summed E-state index contributed by atoms with van der Waals surface area (Å²) in [5.41, 5.74) is 4.21. The second-order valence-corrected chi connectivity index (χ2v) is 7.54. The van der Waals surface area contributed by atoms with E-state index in [4.69, 9.17) is 9.47 Å². The predicted octanol–water partition coefficient (Wildman–Crippen LogP) is 4.38. The number of hydrogen-bond donors (Lipinski definition) is 0. The molecule has 0 spiro atoms. The predicted molar refractivity (Wildman–Crippen MR) is 123 cm³/mol. The summed E-state index contributed by atoms with van der Waals surface area (Å²) in [6, 6.07) is 22.5. The molecule has 0 radical (unpaired) electrons. The first-order valence-electron chi connectivity index (χ1n) is 10.4. The van der Waals surface area contributed by atoms with E-state index in [2.05, 4.69) is 4.98 Å². The third kappa shape index (κ3) is 4.70. The normalized spacial score (nSPS) is 10.8. The molecule has 4 rings (SSSR count). The van der Waals surface area contributed by atoms with Crippen molar-refractivity contribution in [1.82, 2.24) is 9.55 Å². The van der Waals surface area contributed by atoms with Gasteiger partial charge in [0.15, 0.2) is 0 Å². The van der Waals surface area contributed by atoms with E-state index in [0.717, 1.165) is 11.1 Å². The van der Waals surface area contributed by atoms with E-state index >= 15 is 0 Å². The lowest BCUT2D eigenvalue weighted by Gasteiger charge is -2.13. The Kier molecular flexibility index (Phi) is 6.31. The Morgan fingerprint density at radius 1 is 1.00 bits per heavy atom. The van der Waals surface area contributed by atoms with Crippen molar-refractivity contribution >= 4 is 17.0 Å². The van der Waals surface area contributed by atoms with E-state index in [1.165, 1.54) is 0 Å². The molecule has 3 aromatic carbocycles. The molecule has 6 heteroatoms. The van der Waals surface area contributed by atoms with Crippen LogP contribution in [0.3, 0.4) is 0 Å². The molecule has 0 N–H and O–H groups in total. The topological polar surface area (TPSA) is 70.4 Å². The zero-order valence-electron chi connectivity index (χ0n) is 18.1. The monoisotopic (exact) mass is 428 g/mol. The average Bonchev–Trinajstić information content (AvgIpc) is 2.81. The number of aromatic nitrogens is 2. The second-order valence-electron chi connectivity index (χ2n) is 7.54. The summed E-state index contributed by atoms with van der Waals surface area (Å²) in [5.74, 6) is 0.341. The number of para-hydroxylation sites is 2. The molecule has 1 heterocycles. The summed E-state index contributed by atoms with van der Waals surface area (Å²) in [6.07, 6.45) is 0.279. The molecular formula is C26H24N2O4. The van der Waals surface area contributed by atoms with Crippen LogP contribution in [0.4, 0.5) is 0 Å². The minimum absolute atomic E-state index is 0.0784. The number of carbonyl (C=O) groups is 1. The highest BCUT2D eigenvalue weighted by Gasteiger charge is 2.14. The van der Waals surface area contributed by atoms with Crippen LogP contribution in [0.25, 0.3) is 16.7 Å². The molecule has 0 amide bonds. The van der Waals surface area contributed by atoms with Gasteiger partial charge >= 0.3 is 5.97 Å². The van der Waals surface area contributed by atoms with E-state index in [0.29, 0.717) is 28.2 Å². The summed E-state index contributed by atoms with van der Waals surface area (Å²) in [4.78, 5) is 30.1. The van der Waals surface area contributed by atoms with Crippen LogP contribution in [-0.4, -0.2) is 22.6 Å². The minimum Gasteiger partial charge on any atom is -0.497 e. The molecule has 0 atom stereocenters. The molecular weight excluding hydrogens is 404 g/mol. The van der Waals surface area contributed by atoms with Crippen molar-refractivity contribution in [3.8, 4) is 11.4 Å². The standard InChI is InChI=1S/C26H24N2O4/c1-18-6-5-7-19(16-18)17-32-25(29)15-14-23-26(30)28(20-10-12-21(31-2)13-11-20)24-9-4-3-8-22(24)27-23/h3-13,16H,14-15,17H2,1-2H3. The number of fused-ring (bicyclic) bond motifs is 1. The molecule has 32 heavy (non-hydrogen) atoms. The molecule has 0 aliphatic carbocycles. The van der Waals surface area contributed by atoms with Crippen LogP contribution in [0.5, 0.6) is 5.75 Å². The third-order valence-electron chi connectivity index (χ3n) is 5.21. The van der Waals surface area contributed by atoms with Crippen molar-refractivity contribution in [3.05, 3.63) is 100.0 Å². The fourth-order valence-corrected chi connectivity index (χ4v) is 3.59. The molecule has 0 aliphatic rings. The summed E-state index contributed by atoms with van der Waals surface area (Å²) >= 11 is 0. The number of hydrogen-bond acceptors (Lipinski definition) is 5. The molecule has 1 aromatic heterocycles. The van der Waals surface area contributed by atoms with Crippen LogP contribution < -0.4 is 10.3 Å². The number of benzene rings is 3. The Balaban J connectivity index is 1.57. The van der Waals surface area contributed by atoms with E-state index in [-0.39, 0.29) is 31.0 Å². The van der Waals surface area contributed by atoms with Gasteiger partial charge in [-0.15, -0.1) is 0 Å². The number of nitrogens with zero attached hydrogens (tertiary/aromatic N) is 2. The highest BCUT2D eigenvalue weighted by molar-refractivity contribution is 5.77. The maximum Gasteiger partial charge on any atom is 0.306 e. The van der Waals surface area contributed by atoms with Crippen LogP contribution in [0.2, 0.25) is 0 Å². The summed E-state index contributed by atoms with van der Waals surface area (Å²) in [6.45, 7) is 2.20. The van der Waals surface area contributed by atoms with Crippen molar-refractivity contribution in [2.45, 2.75) is 26.4 Å². The molecule has 0 unspecified atom stereocenters. The van der Waals surface area contributed by atoms with Gasteiger partial charge < -0.3 is 9.47 Å². The lowest BCUT2D eigenvalue weighted by Crippen LogP contribution is -2.25. The van der Waals surface area contributed by atoms with Crippen LogP contribution >= 0.6 is 0 Å². The number of ether oxygens (including phenoxy) is 2. The second kappa shape index (κ2) is 9.47. The molecule has 0 aliphatic heterocycles. The van der Waals surface area contributed by atoms with Gasteiger partial charge in [0, 0.05) is 12.1 Å². The average molecular weight is 428 g/mol. The molecule has 6 nitrogen and oxygen atoms in total. The molecule has 162 valence electrons. The van der Waals surface area contributed by atoms with Crippen LogP contribution in [-0.2, 0) is 22.6 Å². The van der Waals surface area contributed by atoms with Gasteiger partial charge in [0.25, 0.3) is 5.56 Å². The lowest BCUT2D eigenvalue weighted by atomic mass is 10.1. The minimum atomic E-state index is -0.364. The molecule has 0 fully saturated rings. The number of carbonyl (C=O) groups excluding carboxylic acids is 1. The van der Waals surface area contributed by atoms with Gasteiger partial charge in [-0.3, -0.25) is 14.2 Å². The third-order valence-corrected chi connectivity index (χ3v) is 5.21. The number of rotatable bonds is 7. The van der Waals surface area contributed by atoms with Crippen LogP contribution in [0.15, 0.2) is 77.6 Å². The summed E-state index contributed by atoms with van der Waals surface area (Å²) in [7, 11) is 1.60. The Morgan fingerprint density at radius 3 is 2.53 bits per heavy atom. The highest BCUT2D eigenvalue weighted by atomic mass is 16.5. The maximum atomic E-state index is 13.3. The van der Waals surface area contributed by atoms with Gasteiger partial charge in [-0.25, -0.2) is 4.98 Å². The zero-order valence-corrected chi connectivity index (χ0v) is 18.1. The van der Waals surface area contributed by atoms with Crippen molar-refractivity contribution in [2.75, 3.05) is 7.11 Å². The van der Waals surface area contributed by atoms with Gasteiger partial charge in [-0.2, -0.15) is 0 Å². The smallest absolute Gasteiger partial charge is 0.306 e. The Hall–Kier alpha value is -3.93. The zero-order chi connectivity index (χ0) is 22.5. The number of aryl methyl sites for hydroxylation is 2. The van der Waals surface area contributed by atoms with E-state index < -0.39 is 0 Å². The van der Waals surface area contributed by atoms with Gasteiger partial charge in [0.2, 0.25) is 0 Å². The molecule has 0 saturated carbocycles. The maximum absolute atomic E-state index is 13.3. The fourth-order valence-electron chi connectivity index (χ4n) is 3.59. The van der Waals surface area contributed by atoms with Gasteiger partial charge in [0.05, 0.1) is 24.6 Å². The summed E-state index contributed by atoms with van der Waals surface area (Å²) < 4.78 is 12.2.